The number of hydrazine groups is 1. The van der Waals surface area contributed by atoms with Crippen LogP contribution in [0.1, 0.15) is 30.9 Å². The topological polar surface area (TPSA) is 126 Å². The highest BCUT2D eigenvalue weighted by molar-refractivity contribution is 7.91. The van der Waals surface area contributed by atoms with Gasteiger partial charge in [0.15, 0.2) is 15.4 Å². The number of ether oxygens (including phenoxy) is 2. The monoisotopic (exact) mass is 587 g/mol. The molecule has 3 aromatic carbocycles. The second-order valence-electron chi connectivity index (χ2n) is 9.48. The third-order valence-corrected chi connectivity index (χ3v) is 8.41. The zero-order valence-electron chi connectivity index (χ0n) is 22.3. The predicted molar refractivity (Wildman–Crippen MR) is 148 cm³/mol. The Morgan fingerprint density at radius 3 is 2.51 bits per heavy atom. The van der Waals surface area contributed by atoms with Crippen LogP contribution in [0.4, 0.5) is 8.78 Å². The Labute approximate surface area is 237 Å². The largest absolute Gasteiger partial charge is 0.494 e. The highest BCUT2D eigenvalue weighted by Gasteiger charge is 2.50. The molecule has 12 heteroatoms. The van der Waals surface area contributed by atoms with Crippen molar-refractivity contribution in [3.05, 3.63) is 95.6 Å². The average molecular weight is 588 g/mol. The van der Waals surface area contributed by atoms with Crippen molar-refractivity contribution in [2.45, 2.75) is 42.8 Å². The van der Waals surface area contributed by atoms with Gasteiger partial charge in [-0.3, -0.25) is 10.2 Å². The van der Waals surface area contributed by atoms with Crippen molar-refractivity contribution in [1.82, 2.24) is 10.9 Å². The molecule has 0 aromatic heterocycles. The number of carbonyl (C=O) groups is 1. The molecule has 0 fully saturated rings. The lowest BCUT2D eigenvalue weighted by atomic mass is 9.90. The molecule has 218 valence electrons. The van der Waals surface area contributed by atoms with E-state index in [2.05, 4.69) is 15.8 Å². The van der Waals surface area contributed by atoms with Gasteiger partial charge >= 0.3 is 0 Å². The van der Waals surface area contributed by atoms with E-state index in [1.807, 2.05) is 0 Å². The number of benzene rings is 3. The van der Waals surface area contributed by atoms with Gasteiger partial charge in [-0.2, -0.15) is 0 Å². The number of aliphatic imine (C=N–C) groups is 1. The Hall–Kier alpha value is -3.87. The lowest BCUT2D eigenvalue weighted by Crippen LogP contribution is -2.55. The first-order chi connectivity index (χ1) is 19.6. The van der Waals surface area contributed by atoms with Gasteiger partial charge in [-0.05, 0) is 55.8 Å². The van der Waals surface area contributed by atoms with Crippen LogP contribution in [0.25, 0.3) is 0 Å². The Morgan fingerprint density at radius 2 is 1.83 bits per heavy atom. The summed E-state index contributed by atoms with van der Waals surface area (Å²) in [5.41, 5.74) is 4.16. The van der Waals surface area contributed by atoms with Crippen LogP contribution in [0.3, 0.4) is 0 Å². The molecular formula is C29H31F2N3O6S. The summed E-state index contributed by atoms with van der Waals surface area (Å²) < 4.78 is 65.0. The van der Waals surface area contributed by atoms with E-state index >= 15 is 0 Å². The molecule has 3 aromatic rings. The molecule has 0 aliphatic carbocycles. The quantitative estimate of drug-likeness (QED) is 0.207. The number of halogens is 2. The molecule has 1 aliphatic heterocycles. The summed E-state index contributed by atoms with van der Waals surface area (Å²) in [5, 5.41) is 8.93. The Balaban J connectivity index is 1.56. The van der Waals surface area contributed by atoms with E-state index < -0.39 is 39.0 Å². The number of aliphatic hydroxyl groups excluding tert-OH is 1. The number of carbonyl (C=O) groups excluding carboxylic acids is 1. The molecule has 9 nitrogen and oxygen atoms in total. The van der Waals surface area contributed by atoms with Crippen molar-refractivity contribution in [3.8, 4) is 5.75 Å². The van der Waals surface area contributed by atoms with Gasteiger partial charge in [-0.15, -0.1) is 0 Å². The second-order valence-corrected chi connectivity index (χ2v) is 11.6. The number of nitrogens with one attached hydrogen (secondary N) is 2. The number of sulfone groups is 1. The minimum Gasteiger partial charge on any atom is -0.494 e. The van der Waals surface area contributed by atoms with Gasteiger partial charge in [-0.1, -0.05) is 24.3 Å². The highest BCUT2D eigenvalue weighted by atomic mass is 32.2. The summed E-state index contributed by atoms with van der Waals surface area (Å²) in [5.74, 6) is -1.84. The minimum absolute atomic E-state index is 0.0124. The lowest BCUT2D eigenvalue weighted by Gasteiger charge is -2.28. The molecule has 0 saturated heterocycles. The lowest BCUT2D eigenvalue weighted by molar-refractivity contribution is -0.129. The van der Waals surface area contributed by atoms with Gasteiger partial charge < -0.3 is 14.6 Å². The van der Waals surface area contributed by atoms with Crippen molar-refractivity contribution < 1.29 is 36.6 Å². The van der Waals surface area contributed by atoms with Crippen LogP contribution in [0, 0.1) is 11.6 Å². The van der Waals surface area contributed by atoms with Crippen LogP contribution in [0.2, 0.25) is 0 Å². The van der Waals surface area contributed by atoms with Gasteiger partial charge in [0.05, 0.1) is 17.3 Å². The molecule has 0 radical (unpaired) electrons. The van der Waals surface area contributed by atoms with Crippen LogP contribution < -0.4 is 15.6 Å². The number of aliphatic hydroxyl groups is 1. The van der Waals surface area contributed by atoms with Gasteiger partial charge in [0, 0.05) is 36.8 Å². The van der Waals surface area contributed by atoms with E-state index in [-0.39, 0.29) is 41.7 Å². The van der Waals surface area contributed by atoms with Crippen LogP contribution in [0.15, 0.2) is 82.7 Å². The van der Waals surface area contributed by atoms with E-state index in [0.29, 0.717) is 24.3 Å². The second kappa shape index (κ2) is 13.2. The molecule has 4 rings (SSSR count). The van der Waals surface area contributed by atoms with Crippen molar-refractivity contribution in [1.29, 1.82) is 0 Å². The van der Waals surface area contributed by atoms with Crippen LogP contribution in [0.5, 0.6) is 5.75 Å². The zero-order valence-corrected chi connectivity index (χ0v) is 23.2. The number of amides is 1. The molecule has 1 aliphatic rings. The Bertz CT molecular complexity index is 1490. The molecule has 0 bridgehead atoms. The first-order valence-corrected chi connectivity index (χ1v) is 14.7. The molecule has 2 atom stereocenters. The maximum Gasteiger partial charge on any atom is 0.266 e. The van der Waals surface area contributed by atoms with Crippen molar-refractivity contribution in [2.24, 2.45) is 4.99 Å². The fourth-order valence-electron chi connectivity index (χ4n) is 4.28. The first kappa shape index (κ1) is 30.1. The summed E-state index contributed by atoms with van der Waals surface area (Å²) in [7, 11) is -3.76. The summed E-state index contributed by atoms with van der Waals surface area (Å²) in [6, 6.07) is 17.8. The first-order valence-electron chi connectivity index (χ1n) is 13.0. The Kier molecular flexibility index (Phi) is 9.69. The molecule has 0 unspecified atom stereocenters. The van der Waals surface area contributed by atoms with E-state index in [0.717, 1.165) is 12.1 Å². The van der Waals surface area contributed by atoms with Crippen molar-refractivity contribution in [3.63, 3.8) is 0 Å². The number of rotatable bonds is 13. The molecule has 0 spiro atoms. The van der Waals surface area contributed by atoms with E-state index in [1.165, 1.54) is 18.2 Å². The fraction of sp³-hybridized carbons (Fsp3) is 0.310. The molecule has 1 amide bonds. The number of nitrogens with zero attached hydrogens (tertiary/aromatic N) is 1. The highest BCUT2D eigenvalue weighted by Crippen LogP contribution is 2.33. The molecule has 1 heterocycles. The van der Waals surface area contributed by atoms with Crippen molar-refractivity contribution in [2.75, 3.05) is 19.0 Å². The zero-order chi connectivity index (χ0) is 29.5. The average Bonchev–Trinajstić information content (AvgIpc) is 3.31. The molecule has 41 heavy (non-hydrogen) atoms. The SMILES string of the molecule is C[C@@H]1OC(c2ccc(OCCCO)cc2)=N[C@]1(CCS(=O)(=O)c1ccccc1)C(=O)NNCc1ccc(F)cc1F. The standard InChI is InChI=1S/C29H31F2N3O6S/c1-20-29(14-17-41(37,38)25-6-3-2-4-7-25,28(36)34-32-19-22-8-11-23(30)18-26(22)31)33-27(40-20)21-9-12-24(13-10-21)39-16-5-15-35/h2-4,6-13,18,20,32,35H,5,14-17,19H2,1H3,(H,34,36)/t20-,29-/m0/s1. The van der Waals surface area contributed by atoms with Crippen LogP contribution >= 0.6 is 0 Å². The predicted octanol–water partition coefficient (Wildman–Crippen LogP) is 3.32. The maximum absolute atomic E-state index is 14.1. The van der Waals surface area contributed by atoms with Gasteiger partial charge in [0.2, 0.25) is 5.90 Å². The molecule has 3 N–H and O–H groups in total. The third-order valence-electron chi connectivity index (χ3n) is 6.68. The molecular weight excluding hydrogens is 556 g/mol. The van der Waals surface area contributed by atoms with Gasteiger partial charge in [0.25, 0.3) is 5.91 Å². The van der Waals surface area contributed by atoms with Crippen LogP contribution in [-0.4, -0.2) is 55.9 Å². The smallest absolute Gasteiger partial charge is 0.266 e. The van der Waals surface area contributed by atoms with Gasteiger partial charge in [-0.25, -0.2) is 27.6 Å². The summed E-state index contributed by atoms with van der Waals surface area (Å²) in [6.45, 7) is 1.83. The fourth-order valence-corrected chi connectivity index (χ4v) is 5.67. The number of hydrogen-bond donors (Lipinski definition) is 3. The van der Waals surface area contributed by atoms with E-state index in [9.17, 15) is 22.0 Å². The summed E-state index contributed by atoms with van der Waals surface area (Å²) in [4.78, 5) is 18.3. The van der Waals surface area contributed by atoms with E-state index in [4.69, 9.17) is 14.6 Å². The normalized spacial score (nSPS) is 18.4. The van der Waals surface area contributed by atoms with E-state index in [1.54, 1.807) is 49.4 Å². The van der Waals surface area contributed by atoms with Crippen LogP contribution in [-0.2, 0) is 25.9 Å². The maximum atomic E-state index is 14.1. The minimum atomic E-state index is -3.76. The van der Waals surface area contributed by atoms with Gasteiger partial charge in [0.1, 0.15) is 23.5 Å². The Morgan fingerprint density at radius 1 is 1.10 bits per heavy atom. The van der Waals surface area contributed by atoms with Crippen molar-refractivity contribution >= 4 is 21.6 Å². The summed E-state index contributed by atoms with van der Waals surface area (Å²) >= 11 is 0. The third kappa shape index (κ3) is 7.26. The summed E-state index contributed by atoms with van der Waals surface area (Å²) in [6.07, 6.45) is -0.566. The molecule has 0 saturated carbocycles. The number of hydrogen-bond acceptors (Lipinski definition) is 8.